The Morgan fingerprint density at radius 3 is 2.48 bits per heavy atom. The lowest BCUT2D eigenvalue weighted by atomic mass is 9.76. The Labute approximate surface area is 154 Å². The first-order chi connectivity index (χ1) is 12.0. The summed E-state index contributed by atoms with van der Waals surface area (Å²) in [7, 11) is 0. The van der Waals surface area contributed by atoms with Gasteiger partial charge in [0.15, 0.2) is 0 Å². The third kappa shape index (κ3) is 4.60. The zero-order chi connectivity index (χ0) is 17.8. The molecule has 1 atom stereocenters. The van der Waals surface area contributed by atoms with Crippen LogP contribution < -0.4 is 5.32 Å². The van der Waals surface area contributed by atoms with E-state index in [1.807, 2.05) is 13.1 Å². The van der Waals surface area contributed by atoms with E-state index in [1.165, 1.54) is 18.4 Å². The highest BCUT2D eigenvalue weighted by molar-refractivity contribution is 6.30. The number of pyridine rings is 1. The Kier molecular flexibility index (Phi) is 5.74. The number of benzene rings is 1. The highest BCUT2D eigenvalue weighted by Gasteiger charge is 2.27. The van der Waals surface area contributed by atoms with Crippen LogP contribution in [0.4, 0.5) is 0 Å². The van der Waals surface area contributed by atoms with E-state index in [1.54, 1.807) is 24.3 Å². The molecular formula is C21H25ClN2O. The van der Waals surface area contributed by atoms with Crippen molar-refractivity contribution in [3.8, 4) is 0 Å². The van der Waals surface area contributed by atoms with E-state index in [0.29, 0.717) is 22.4 Å². The van der Waals surface area contributed by atoms with Gasteiger partial charge in [-0.15, -0.1) is 0 Å². The Hall–Kier alpha value is -1.87. The van der Waals surface area contributed by atoms with Crippen LogP contribution in [0.2, 0.25) is 5.02 Å². The molecule has 0 bridgehead atoms. The predicted octanol–water partition coefficient (Wildman–Crippen LogP) is 5.14. The van der Waals surface area contributed by atoms with Crippen molar-refractivity contribution < 1.29 is 4.79 Å². The third-order valence-corrected chi connectivity index (χ3v) is 5.59. The molecule has 0 unspecified atom stereocenters. The number of carbonyl (C=O) groups is 1. The van der Waals surface area contributed by atoms with Crippen molar-refractivity contribution in [2.45, 2.75) is 51.5 Å². The molecule has 1 aliphatic carbocycles. The molecule has 0 spiro atoms. The summed E-state index contributed by atoms with van der Waals surface area (Å²) in [5.41, 5.74) is 3.16. The second-order valence-electron chi connectivity index (χ2n) is 7.11. The Balaban J connectivity index is 1.53. The van der Waals surface area contributed by atoms with Gasteiger partial charge in [0, 0.05) is 28.5 Å². The third-order valence-electron chi connectivity index (χ3n) is 5.34. The number of aryl methyl sites for hydroxylation is 1. The van der Waals surface area contributed by atoms with Crippen LogP contribution in [0.1, 0.15) is 60.1 Å². The number of nitrogens with one attached hydrogen (secondary N) is 1. The van der Waals surface area contributed by atoms with Gasteiger partial charge in [-0.05, 0) is 93.3 Å². The number of aromatic nitrogens is 1. The van der Waals surface area contributed by atoms with Gasteiger partial charge in [0.05, 0.1) is 0 Å². The molecule has 0 radical (unpaired) electrons. The molecule has 2 aromatic rings. The summed E-state index contributed by atoms with van der Waals surface area (Å²) in [5.74, 6) is 1.14. The number of rotatable bonds is 4. The van der Waals surface area contributed by atoms with E-state index in [2.05, 4.69) is 29.4 Å². The Bertz CT molecular complexity index is 721. The molecule has 1 aliphatic rings. The van der Waals surface area contributed by atoms with Crippen LogP contribution in [0.5, 0.6) is 0 Å². The van der Waals surface area contributed by atoms with Gasteiger partial charge in [-0.1, -0.05) is 11.6 Å². The van der Waals surface area contributed by atoms with Crippen LogP contribution in [0.15, 0.2) is 42.6 Å². The summed E-state index contributed by atoms with van der Waals surface area (Å²) in [4.78, 5) is 16.7. The molecule has 1 amide bonds. The molecule has 25 heavy (non-hydrogen) atoms. The molecule has 3 nitrogen and oxygen atoms in total. The van der Waals surface area contributed by atoms with Gasteiger partial charge in [0.25, 0.3) is 5.91 Å². The summed E-state index contributed by atoms with van der Waals surface area (Å²) in [6.07, 6.45) is 6.55. The summed E-state index contributed by atoms with van der Waals surface area (Å²) < 4.78 is 0. The van der Waals surface area contributed by atoms with Gasteiger partial charge < -0.3 is 5.32 Å². The maximum absolute atomic E-state index is 12.4. The molecule has 1 aromatic carbocycles. The Morgan fingerprint density at radius 1 is 1.16 bits per heavy atom. The maximum atomic E-state index is 12.4. The molecule has 1 saturated carbocycles. The SMILES string of the molecule is Cc1cc([C@H]2CC[C@H]([C@H](C)NC(=O)c3ccc(Cl)cc3)CC2)ccn1. The minimum Gasteiger partial charge on any atom is -0.349 e. The lowest BCUT2D eigenvalue weighted by Gasteiger charge is -2.33. The average molecular weight is 357 g/mol. The molecule has 0 aliphatic heterocycles. The fourth-order valence-electron chi connectivity index (χ4n) is 3.78. The molecule has 1 heterocycles. The number of hydrogen-bond acceptors (Lipinski definition) is 2. The minimum absolute atomic E-state index is 0.0175. The number of hydrogen-bond donors (Lipinski definition) is 1. The van der Waals surface area contributed by atoms with E-state index in [0.717, 1.165) is 18.5 Å². The first-order valence-electron chi connectivity index (χ1n) is 9.02. The van der Waals surface area contributed by atoms with Gasteiger partial charge in [-0.2, -0.15) is 0 Å². The van der Waals surface area contributed by atoms with Crippen LogP contribution in [0.25, 0.3) is 0 Å². The molecule has 3 rings (SSSR count). The topological polar surface area (TPSA) is 42.0 Å². The Morgan fingerprint density at radius 2 is 1.84 bits per heavy atom. The fourth-order valence-corrected chi connectivity index (χ4v) is 3.91. The van der Waals surface area contributed by atoms with Gasteiger partial charge in [0.1, 0.15) is 0 Å². The first-order valence-corrected chi connectivity index (χ1v) is 9.39. The van der Waals surface area contributed by atoms with Gasteiger partial charge in [0.2, 0.25) is 0 Å². The highest BCUT2D eigenvalue weighted by Crippen LogP contribution is 2.37. The van der Waals surface area contributed by atoms with Crippen LogP contribution in [-0.4, -0.2) is 16.9 Å². The quantitative estimate of drug-likeness (QED) is 0.824. The largest absolute Gasteiger partial charge is 0.349 e. The number of amides is 1. The van der Waals surface area contributed by atoms with Crippen LogP contribution in [0, 0.1) is 12.8 Å². The second-order valence-corrected chi connectivity index (χ2v) is 7.55. The van der Waals surface area contributed by atoms with Crippen molar-refractivity contribution in [1.82, 2.24) is 10.3 Å². The first kappa shape index (κ1) is 17.9. The molecule has 132 valence electrons. The predicted molar refractivity (Wildman–Crippen MR) is 102 cm³/mol. The molecule has 1 aromatic heterocycles. The van der Waals surface area contributed by atoms with E-state index in [-0.39, 0.29) is 11.9 Å². The van der Waals surface area contributed by atoms with Crippen molar-refractivity contribution in [2.24, 2.45) is 5.92 Å². The smallest absolute Gasteiger partial charge is 0.251 e. The second kappa shape index (κ2) is 8.01. The van der Waals surface area contributed by atoms with Crippen molar-refractivity contribution in [3.05, 3.63) is 64.4 Å². The van der Waals surface area contributed by atoms with Crippen molar-refractivity contribution in [3.63, 3.8) is 0 Å². The lowest BCUT2D eigenvalue weighted by molar-refractivity contribution is 0.0918. The zero-order valence-electron chi connectivity index (χ0n) is 14.8. The van der Waals surface area contributed by atoms with Crippen LogP contribution >= 0.6 is 11.6 Å². The van der Waals surface area contributed by atoms with E-state index < -0.39 is 0 Å². The molecule has 1 fully saturated rings. The van der Waals surface area contributed by atoms with E-state index >= 15 is 0 Å². The fraction of sp³-hybridized carbons (Fsp3) is 0.429. The highest BCUT2D eigenvalue weighted by atomic mass is 35.5. The van der Waals surface area contributed by atoms with E-state index in [9.17, 15) is 4.79 Å². The van der Waals surface area contributed by atoms with Crippen LogP contribution in [0.3, 0.4) is 0 Å². The molecule has 1 N–H and O–H groups in total. The normalized spacial score (nSPS) is 21.6. The monoisotopic (exact) mass is 356 g/mol. The van der Waals surface area contributed by atoms with Crippen molar-refractivity contribution in [1.29, 1.82) is 0 Å². The number of halogens is 1. The number of nitrogens with zero attached hydrogens (tertiary/aromatic N) is 1. The summed E-state index contributed by atoms with van der Waals surface area (Å²) in [6, 6.07) is 11.6. The van der Waals surface area contributed by atoms with Crippen molar-refractivity contribution in [2.75, 3.05) is 0 Å². The molecular weight excluding hydrogens is 332 g/mol. The maximum Gasteiger partial charge on any atom is 0.251 e. The minimum atomic E-state index is -0.0175. The summed E-state index contributed by atoms with van der Waals surface area (Å²) in [5, 5.41) is 3.80. The molecule has 0 saturated heterocycles. The average Bonchev–Trinajstić information content (AvgIpc) is 2.62. The van der Waals surface area contributed by atoms with Gasteiger partial charge in [-0.25, -0.2) is 0 Å². The lowest BCUT2D eigenvalue weighted by Crippen LogP contribution is -2.39. The zero-order valence-corrected chi connectivity index (χ0v) is 15.6. The van der Waals surface area contributed by atoms with Crippen molar-refractivity contribution >= 4 is 17.5 Å². The number of carbonyl (C=O) groups excluding carboxylic acids is 1. The van der Waals surface area contributed by atoms with E-state index in [4.69, 9.17) is 11.6 Å². The molecule has 4 heteroatoms. The standard InChI is InChI=1S/C21H25ClN2O/c1-14-13-19(11-12-23-14)17-5-3-16(4-6-17)15(2)24-21(25)18-7-9-20(22)10-8-18/h7-13,15-17H,3-6H2,1-2H3,(H,24,25)/t15-,16-,17-/m0/s1. The van der Waals surface area contributed by atoms with Gasteiger partial charge in [-0.3, -0.25) is 9.78 Å². The van der Waals surface area contributed by atoms with Crippen LogP contribution in [-0.2, 0) is 0 Å². The summed E-state index contributed by atoms with van der Waals surface area (Å²) in [6.45, 7) is 4.17. The van der Waals surface area contributed by atoms with Gasteiger partial charge >= 0.3 is 0 Å². The summed E-state index contributed by atoms with van der Waals surface area (Å²) >= 11 is 5.88.